The van der Waals surface area contributed by atoms with Crippen LogP contribution in [0, 0.1) is 5.92 Å². The number of nitrogens with zero attached hydrogens (tertiary/aromatic N) is 4. The molecule has 1 aromatic carbocycles. The molecule has 1 spiro atoms. The van der Waals surface area contributed by atoms with Gasteiger partial charge in [-0.3, -0.25) is 14.6 Å². The Kier molecular flexibility index (Phi) is 6.81. The van der Waals surface area contributed by atoms with E-state index in [-0.39, 0.29) is 17.9 Å². The first-order chi connectivity index (χ1) is 15.4. The van der Waals surface area contributed by atoms with E-state index in [1.807, 2.05) is 54.6 Å². The second kappa shape index (κ2) is 9.58. The van der Waals surface area contributed by atoms with Gasteiger partial charge in [0.1, 0.15) is 16.3 Å². The maximum atomic E-state index is 13.6. The summed E-state index contributed by atoms with van der Waals surface area (Å²) in [5.74, 6) is 1.04. The van der Waals surface area contributed by atoms with E-state index in [2.05, 4.69) is 9.88 Å². The molecule has 3 amide bonds. The summed E-state index contributed by atoms with van der Waals surface area (Å²) in [6, 6.07) is 7.78. The molecule has 0 atom stereocenters. The predicted molar refractivity (Wildman–Crippen MR) is 125 cm³/mol. The zero-order chi connectivity index (χ0) is 22.7. The van der Waals surface area contributed by atoms with Gasteiger partial charge in [-0.05, 0) is 42.9 Å². The van der Waals surface area contributed by atoms with Crippen LogP contribution < -0.4 is 4.74 Å². The highest BCUT2D eigenvalue weighted by Gasteiger charge is 2.57. The molecule has 2 aromatic rings. The molecule has 2 aliphatic heterocycles. The van der Waals surface area contributed by atoms with Crippen LogP contribution in [0.5, 0.6) is 5.75 Å². The van der Waals surface area contributed by atoms with Gasteiger partial charge in [0.05, 0.1) is 13.7 Å². The summed E-state index contributed by atoms with van der Waals surface area (Å²) in [5, 5.41) is 3.08. The van der Waals surface area contributed by atoms with Crippen molar-refractivity contribution in [1.29, 1.82) is 0 Å². The second-order valence-corrected chi connectivity index (χ2v) is 10.1. The molecule has 0 bridgehead atoms. The summed E-state index contributed by atoms with van der Waals surface area (Å²) in [4.78, 5) is 37.0. The Morgan fingerprint density at radius 1 is 1.16 bits per heavy atom. The first-order valence-corrected chi connectivity index (χ1v) is 12.2. The molecule has 0 saturated carbocycles. The van der Waals surface area contributed by atoms with Crippen molar-refractivity contribution in [2.45, 2.75) is 45.2 Å². The molecule has 32 heavy (non-hydrogen) atoms. The van der Waals surface area contributed by atoms with Crippen LogP contribution in [0.4, 0.5) is 4.79 Å². The topological polar surface area (TPSA) is 66.0 Å². The standard InChI is InChI=1S/C24H32N4O3S/c1-18(2)16-27-22(29)24(9-13-26(14-10-24)17-21-25-11-15-32-21)28(23(27)30)12-8-19-4-6-20(31-3)7-5-19/h4-7,11,15,18H,8-10,12-14,16-17H2,1-3H3. The normalized spacial score (nSPS) is 18.9. The number of benzene rings is 1. The summed E-state index contributed by atoms with van der Waals surface area (Å²) in [5.41, 5.74) is 0.405. The van der Waals surface area contributed by atoms with Gasteiger partial charge < -0.3 is 9.64 Å². The molecule has 0 aliphatic carbocycles. The van der Waals surface area contributed by atoms with Crippen LogP contribution in [-0.4, -0.2) is 70.4 Å². The van der Waals surface area contributed by atoms with Crippen LogP contribution in [0.1, 0.15) is 37.3 Å². The highest BCUT2D eigenvalue weighted by molar-refractivity contribution is 7.09. The third-order valence-electron chi connectivity index (χ3n) is 6.48. The van der Waals surface area contributed by atoms with Crippen molar-refractivity contribution < 1.29 is 14.3 Å². The van der Waals surface area contributed by atoms with Gasteiger partial charge in [-0.1, -0.05) is 26.0 Å². The minimum atomic E-state index is -0.724. The molecular weight excluding hydrogens is 424 g/mol. The van der Waals surface area contributed by atoms with E-state index in [4.69, 9.17) is 4.74 Å². The van der Waals surface area contributed by atoms with Gasteiger partial charge in [0.15, 0.2) is 0 Å². The molecule has 7 nitrogen and oxygen atoms in total. The third-order valence-corrected chi connectivity index (χ3v) is 7.24. The van der Waals surface area contributed by atoms with E-state index in [0.717, 1.165) is 36.0 Å². The SMILES string of the molecule is COc1ccc(CCN2C(=O)N(CC(C)C)C(=O)C23CCN(Cc2nccs2)CC3)cc1. The molecule has 0 radical (unpaired) electrons. The molecule has 2 fully saturated rings. The summed E-state index contributed by atoms with van der Waals surface area (Å²) in [7, 11) is 1.65. The summed E-state index contributed by atoms with van der Waals surface area (Å²) in [6.45, 7) is 7.48. The number of ether oxygens (including phenoxy) is 1. The maximum Gasteiger partial charge on any atom is 0.327 e. The smallest absolute Gasteiger partial charge is 0.327 e. The number of hydrogen-bond acceptors (Lipinski definition) is 6. The van der Waals surface area contributed by atoms with Crippen molar-refractivity contribution in [3.8, 4) is 5.75 Å². The summed E-state index contributed by atoms with van der Waals surface area (Å²) >= 11 is 1.66. The summed E-state index contributed by atoms with van der Waals surface area (Å²) < 4.78 is 5.24. The quantitative estimate of drug-likeness (QED) is 0.568. The van der Waals surface area contributed by atoms with Gasteiger partial charge in [-0.15, -0.1) is 11.3 Å². The predicted octanol–water partition coefficient (Wildman–Crippen LogP) is 3.65. The van der Waals surface area contributed by atoms with E-state index in [9.17, 15) is 9.59 Å². The van der Waals surface area contributed by atoms with E-state index in [1.165, 1.54) is 4.90 Å². The first-order valence-electron chi connectivity index (χ1n) is 11.3. The molecule has 2 saturated heterocycles. The number of amides is 3. The number of methoxy groups -OCH3 is 1. The van der Waals surface area contributed by atoms with Gasteiger partial charge in [0.25, 0.3) is 5.91 Å². The van der Waals surface area contributed by atoms with Crippen LogP contribution in [-0.2, 0) is 17.8 Å². The number of likely N-dealkylation sites (tertiary alicyclic amines) is 1. The highest BCUT2D eigenvalue weighted by atomic mass is 32.1. The van der Waals surface area contributed by atoms with Gasteiger partial charge >= 0.3 is 6.03 Å². The average Bonchev–Trinajstić information content (AvgIpc) is 3.36. The third kappa shape index (κ3) is 4.52. The first kappa shape index (κ1) is 22.7. The second-order valence-electron chi connectivity index (χ2n) is 9.08. The fourth-order valence-electron chi connectivity index (χ4n) is 4.74. The Bertz CT molecular complexity index is 921. The molecule has 1 aromatic heterocycles. The van der Waals surface area contributed by atoms with Crippen molar-refractivity contribution in [2.75, 3.05) is 33.3 Å². The minimum absolute atomic E-state index is 0.0140. The molecule has 2 aliphatic rings. The molecule has 4 rings (SSSR count). The highest BCUT2D eigenvalue weighted by Crippen LogP contribution is 2.38. The monoisotopic (exact) mass is 456 g/mol. The number of carbonyl (C=O) groups excluding carboxylic acids is 2. The molecule has 172 valence electrons. The van der Waals surface area contributed by atoms with Gasteiger partial charge in [0.2, 0.25) is 0 Å². The van der Waals surface area contributed by atoms with Crippen molar-refractivity contribution in [1.82, 2.24) is 19.7 Å². The van der Waals surface area contributed by atoms with Crippen LogP contribution in [0.15, 0.2) is 35.8 Å². The van der Waals surface area contributed by atoms with Crippen LogP contribution in [0.3, 0.4) is 0 Å². The number of carbonyl (C=O) groups is 2. The zero-order valence-electron chi connectivity index (χ0n) is 19.1. The number of hydrogen-bond donors (Lipinski definition) is 0. The lowest BCUT2D eigenvalue weighted by atomic mass is 9.85. The van der Waals surface area contributed by atoms with Crippen molar-refractivity contribution >= 4 is 23.3 Å². The Morgan fingerprint density at radius 2 is 1.88 bits per heavy atom. The fraction of sp³-hybridized carbons (Fsp3) is 0.542. The molecule has 0 unspecified atom stereocenters. The van der Waals surface area contributed by atoms with E-state index >= 15 is 0 Å². The largest absolute Gasteiger partial charge is 0.497 e. The summed E-state index contributed by atoms with van der Waals surface area (Å²) in [6.07, 6.45) is 3.87. The number of rotatable bonds is 8. The van der Waals surface area contributed by atoms with Crippen LogP contribution >= 0.6 is 11.3 Å². The Hall–Kier alpha value is -2.45. The van der Waals surface area contributed by atoms with E-state index in [0.29, 0.717) is 32.4 Å². The van der Waals surface area contributed by atoms with Gasteiger partial charge in [0, 0.05) is 37.8 Å². The molecule has 3 heterocycles. The lowest BCUT2D eigenvalue weighted by Gasteiger charge is -2.42. The van der Waals surface area contributed by atoms with E-state index < -0.39 is 5.54 Å². The molecule has 0 N–H and O–H groups in total. The number of piperidine rings is 1. The lowest BCUT2D eigenvalue weighted by molar-refractivity contribution is -0.136. The Labute approximate surface area is 194 Å². The number of thiazole rings is 1. The molecule has 8 heteroatoms. The minimum Gasteiger partial charge on any atom is -0.497 e. The fourth-order valence-corrected chi connectivity index (χ4v) is 5.40. The van der Waals surface area contributed by atoms with Crippen LogP contribution in [0.2, 0.25) is 0 Å². The van der Waals surface area contributed by atoms with Crippen LogP contribution in [0.25, 0.3) is 0 Å². The van der Waals surface area contributed by atoms with Gasteiger partial charge in [-0.25, -0.2) is 9.78 Å². The Morgan fingerprint density at radius 3 is 2.47 bits per heavy atom. The lowest BCUT2D eigenvalue weighted by Crippen LogP contribution is -2.56. The number of imide groups is 1. The average molecular weight is 457 g/mol. The number of aromatic nitrogens is 1. The maximum absolute atomic E-state index is 13.6. The Balaban J connectivity index is 1.50. The van der Waals surface area contributed by atoms with E-state index in [1.54, 1.807) is 18.4 Å². The number of urea groups is 1. The zero-order valence-corrected chi connectivity index (χ0v) is 19.9. The van der Waals surface area contributed by atoms with Crippen molar-refractivity contribution in [2.24, 2.45) is 5.92 Å². The van der Waals surface area contributed by atoms with Gasteiger partial charge in [-0.2, -0.15) is 0 Å². The van der Waals surface area contributed by atoms with Crippen molar-refractivity contribution in [3.63, 3.8) is 0 Å². The van der Waals surface area contributed by atoms with Crippen molar-refractivity contribution in [3.05, 3.63) is 46.4 Å². The molecular formula is C24H32N4O3S.